The zero-order valence-corrected chi connectivity index (χ0v) is 28.6. The number of para-hydroxylation sites is 1. The van der Waals surface area contributed by atoms with Crippen LogP contribution in [0.3, 0.4) is 0 Å². The van der Waals surface area contributed by atoms with Crippen molar-refractivity contribution in [1.82, 2.24) is 35.5 Å². The number of H-pyrrole nitrogens is 2. The Morgan fingerprint density at radius 3 is 2.28 bits per heavy atom. The number of ether oxygens (including phenoxy) is 2. The number of imidazole rings is 2. The van der Waals surface area contributed by atoms with Crippen LogP contribution in [0.1, 0.15) is 63.3 Å². The van der Waals surface area contributed by atoms with Crippen molar-refractivity contribution in [2.24, 2.45) is 5.92 Å². The fourth-order valence-electron chi connectivity index (χ4n) is 6.88. The fraction of sp³-hybridized carbons (Fsp3) is 0.333. The highest BCUT2D eigenvalue weighted by Crippen LogP contribution is 2.39. The van der Waals surface area contributed by atoms with Gasteiger partial charge in [0, 0.05) is 17.7 Å². The lowest BCUT2D eigenvalue weighted by Gasteiger charge is -2.30. The molecule has 0 radical (unpaired) electrons. The highest BCUT2D eigenvalue weighted by atomic mass is 16.5. The Hall–Kier alpha value is -5.42. The van der Waals surface area contributed by atoms with Gasteiger partial charge in [-0.1, -0.05) is 62.4 Å². The second-order valence-electron chi connectivity index (χ2n) is 13.3. The summed E-state index contributed by atoms with van der Waals surface area (Å²) in [7, 11) is 1.30. The minimum absolute atomic E-state index is 0.106. The molecule has 4 heterocycles. The van der Waals surface area contributed by atoms with Crippen molar-refractivity contribution in [3.05, 3.63) is 96.8 Å². The molecule has 2 fully saturated rings. The molecule has 3 atom stereocenters. The van der Waals surface area contributed by atoms with Gasteiger partial charge in [0.1, 0.15) is 29.2 Å². The minimum atomic E-state index is -0.692. The number of methoxy groups -OCH3 is 1. The summed E-state index contributed by atoms with van der Waals surface area (Å²) in [6.07, 6.45) is 6.97. The van der Waals surface area contributed by atoms with Crippen LogP contribution in [0.15, 0.2) is 85.2 Å². The lowest BCUT2D eigenvalue weighted by Crippen LogP contribution is -2.51. The molecule has 0 spiro atoms. The number of amides is 2. The van der Waals surface area contributed by atoms with Gasteiger partial charge >= 0.3 is 6.09 Å². The van der Waals surface area contributed by atoms with Crippen LogP contribution in [-0.4, -0.2) is 63.1 Å². The van der Waals surface area contributed by atoms with Crippen LogP contribution in [0.4, 0.5) is 4.79 Å². The minimum Gasteiger partial charge on any atom is -0.457 e. The second-order valence-corrected chi connectivity index (χ2v) is 13.3. The van der Waals surface area contributed by atoms with Crippen molar-refractivity contribution in [2.45, 2.75) is 57.7 Å². The lowest BCUT2D eigenvalue weighted by atomic mass is 10.00. The molecule has 2 aliphatic heterocycles. The van der Waals surface area contributed by atoms with Gasteiger partial charge < -0.3 is 35.0 Å². The number of hydrogen-bond acceptors (Lipinski definition) is 7. The molecule has 2 aromatic heterocycles. The standard InChI is InChI=1S/C39H43N7O4/c1-24(2)35(45-39(48)49-3)38(47)46-20-8-12-33(46)37-42-23-32(44-37)27-17-18-29(34(21-27)50-28-9-5-4-6-10-28)25-13-15-26(16-14-25)31-22-41-36(43-31)30-11-7-19-40-30/h4-6,9-10,13-18,21-24,30,33,35,40H,7-8,11-12,19-20H2,1-3H3,(H,41,43)(H,42,44)(H,45,48)/t30?,33?,35-/m0/s1. The molecule has 2 saturated heterocycles. The first-order valence-corrected chi connectivity index (χ1v) is 17.3. The van der Waals surface area contributed by atoms with Crippen LogP contribution in [0.2, 0.25) is 0 Å². The zero-order valence-electron chi connectivity index (χ0n) is 28.6. The summed E-state index contributed by atoms with van der Waals surface area (Å²) in [6.45, 7) is 5.43. The molecule has 11 nitrogen and oxygen atoms in total. The van der Waals surface area contributed by atoms with Gasteiger partial charge in [0.2, 0.25) is 5.91 Å². The topological polar surface area (TPSA) is 137 Å². The van der Waals surface area contributed by atoms with Crippen molar-refractivity contribution in [3.8, 4) is 45.1 Å². The van der Waals surface area contributed by atoms with E-state index < -0.39 is 12.1 Å². The monoisotopic (exact) mass is 673 g/mol. The maximum atomic E-state index is 13.6. The first kappa shape index (κ1) is 33.1. The number of benzene rings is 3. The molecule has 50 heavy (non-hydrogen) atoms. The first-order chi connectivity index (χ1) is 24.4. The van der Waals surface area contributed by atoms with Crippen molar-refractivity contribution in [1.29, 1.82) is 0 Å². The van der Waals surface area contributed by atoms with E-state index >= 15 is 0 Å². The number of carbonyl (C=O) groups is 2. The van der Waals surface area contributed by atoms with Gasteiger partial charge in [0.05, 0.1) is 43.0 Å². The van der Waals surface area contributed by atoms with Gasteiger partial charge in [0.15, 0.2) is 0 Å². The maximum absolute atomic E-state index is 13.6. The van der Waals surface area contributed by atoms with Crippen molar-refractivity contribution < 1.29 is 19.1 Å². The molecule has 3 aromatic carbocycles. The number of aromatic nitrogens is 4. The normalized spacial score (nSPS) is 18.0. The number of alkyl carbamates (subject to hydrolysis) is 1. The van der Waals surface area contributed by atoms with E-state index in [0.29, 0.717) is 18.1 Å². The molecule has 2 unspecified atom stereocenters. The fourth-order valence-corrected chi connectivity index (χ4v) is 6.88. The van der Waals surface area contributed by atoms with Gasteiger partial charge in [-0.2, -0.15) is 0 Å². The Morgan fingerprint density at radius 1 is 0.860 bits per heavy atom. The van der Waals surface area contributed by atoms with Crippen LogP contribution in [-0.2, 0) is 9.53 Å². The van der Waals surface area contributed by atoms with Crippen LogP contribution < -0.4 is 15.4 Å². The smallest absolute Gasteiger partial charge is 0.407 e. The molecule has 0 bridgehead atoms. The van der Waals surface area contributed by atoms with E-state index in [2.05, 4.69) is 62.0 Å². The molecule has 0 saturated carbocycles. The number of rotatable bonds is 10. The Balaban J connectivity index is 1.15. The quantitative estimate of drug-likeness (QED) is 0.121. The first-order valence-electron chi connectivity index (χ1n) is 17.3. The Morgan fingerprint density at radius 2 is 1.56 bits per heavy atom. The number of nitrogens with one attached hydrogen (secondary N) is 4. The van der Waals surface area contributed by atoms with Crippen LogP contribution in [0, 0.1) is 5.92 Å². The van der Waals surface area contributed by atoms with Gasteiger partial charge in [-0.15, -0.1) is 0 Å². The Bertz CT molecular complexity index is 1930. The summed E-state index contributed by atoms with van der Waals surface area (Å²) in [4.78, 5) is 43.8. The SMILES string of the molecule is COC(=O)N[C@H](C(=O)N1CCCC1c1ncc(-c2ccc(-c3ccc(-c4cnc(C5CCCN5)[nH]4)cc3)c(Oc3ccccc3)c2)[nH]1)C(C)C. The molecule has 2 amide bonds. The summed E-state index contributed by atoms with van der Waals surface area (Å²) in [5, 5.41) is 6.21. The number of aromatic amines is 2. The summed E-state index contributed by atoms with van der Waals surface area (Å²) in [5.41, 5.74) is 5.76. The number of nitrogens with zero attached hydrogens (tertiary/aromatic N) is 3. The van der Waals surface area contributed by atoms with E-state index in [4.69, 9.17) is 14.5 Å². The van der Waals surface area contributed by atoms with Crippen molar-refractivity contribution >= 4 is 12.0 Å². The van der Waals surface area contributed by atoms with Crippen LogP contribution >= 0.6 is 0 Å². The molecule has 11 heteroatoms. The van der Waals surface area contributed by atoms with Crippen LogP contribution in [0.5, 0.6) is 11.5 Å². The third-order valence-electron chi connectivity index (χ3n) is 9.59. The summed E-state index contributed by atoms with van der Waals surface area (Å²) in [6, 6.07) is 23.7. The van der Waals surface area contributed by atoms with E-state index in [9.17, 15) is 9.59 Å². The molecule has 258 valence electrons. The van der Waals surface area contributed by atoms with Crippen molar-refractivity contribution in [2.75, 3.05) is 20.2 Å². The molecule has 0 aliphatic carbocycles. The third-order valence-corrected chi connectivity index (χ3v) is 9.59. The molecule has 2 aliphatic rings. The highest BCUT2D eigenvalue weighted by molar-refractivity contribution is 5.86. The largest absolute Gasteiger partial charge is 0.457 e. The van der Waals surface area contributed by atoms with Crippen LogP contribution in [0.25, 0.3) is 33.6 Å². The predicted octanol–water partition coefficient (Wildman–Crippen LogP) is 7.39. The third kappa shape index (κ3) is 7.00. The van der Waals surface area contributed by atoms with E-state index in [-0.39, 0.29) is 23.9 Å². The number of hydrogen-bond donors (Lipinski definition) is 4. The van der Waals surface area contributed by atoms with E-state index in [1.807, 2.05) is 61.3 Å². The molecular weight excluding hydrogens is 630 g/mol. The number of carbonyl (C=O) groups excluding carboxylic acids is 2. The average Bonchev–Trinajstić information content (AvgIpc) is 3.98. The van der Waals surface area contributed by atoms with Gasteiger partial charge in [-0.25, -0.2) is 14.8 Å². The van der Waals surface area contributed by atoms with E-state index in [0.717, 1.165) is 71.0 Å². The van der Waals surface area contributed by atoms with Gasteiger partial charge in [-0.3, -0.25) is 4.79 Å². The summed E-state index contributed by atoms with van der Waals surface area (Å²) >= 11 is 0. The lowest BCUT2D eigenvalue weighted by molar-refractivity contribution is -0.135. The summed E-state index contributed by atoms with van der Waals surface area (Å²) in [5.74, 6) is 2.89. The molecule has 5 aromatic rings. The van der Waals surface area contributed by atoms with Gasteiger partial charge in [0.25, 0.3) is 0 Å². The van der Waals surface area contributed by atoms with Crippen molar-refractivity contribution in [3.63, 3.8) is 0 Å². The Labute approximate surface area is 291 Å². The molecular formula is C39H43N7O4. The Kier molecular flexibility index (Phi) is 9.66. The average molecular weight is 674 g/mol. The van der Waals surface area contributed by atoms with E-state index in [1.54, 1.807) is 6.20 Å². The summed E-state index contributed by atoms with van der Waals surface area (Å²) < 4.78 is 11.3. The predicted molar refractivity (Wildman–Crippen MR) is 191 cm³/mol. The molecule has 7 rings (SSSR count). The second kappa shape index (κ2) is 14.6. The highest BCUT2D eigenvalue weighted by Gasteiger charge is 2.37. The molecule has 4 N–H and O–H groups in total. The van der Waals surface area contributed by atoms with E-state index in [1.165, 1.54) is 13.5 Å². The van der Waals surface area contributed by atoms with Gasteiger partial charge in [-0.05, 0) is 73.5 Å². The number of likely N-dealkylation sites (tertiary alicyclic amines) is 1. The zero-order chi connectivity index (χ0) is 34.6. The maximum Gasteiger partial charge on any atom is 0.407 e.